The van der Waals surface area contributed by atoms with Gasteiger partial charge in [0.2, 0.25) is 0 Å². The van der Waals surface area contributed by atoms with E-state index in [2.05, 4.69) is 29.0 Å². The smallest absolute Gasteiger partial charge is 0.121 e. The van der Waals surface area contributed by atoms with Gasteiger partial charge in [-0.25, -0.2) is 0 Å². The van der Waals surface area contributed by atoms with Crippen molar-refractivity contribution in [2.45, 2.75) is 86.9 Å². The first kappa shape index (κ1) is 23.6. The summed E-state index contributed by atoms with van der Waals surface area (Å²) >= 11 is 0. The van der Waals surface area contributed by atoms with Gasteiger partial charge in [-0.1, -0.05) is 31.2 Å². The highest BCUT2D eigenvalue weighted by Gasteiger charge is 2.74. The fraction of sp³-hybridized carbons (Fsp3) is 0.606. The lowest BCUT2D eigenvalue weighted by Crippen LogP contribution is -2.58. The van der Waals surface area contributed by atoms with Crippen LogP contribution in [0.3, 0.4) is 0 Å². The summed E-state index contributed by atoms with van der Waals surface area (Å²) in [6.07, 6.45) is 14.4. The lowest BCUT2D eigenvalue weighted by molar-refractivity contribution is -0.176. The van der Waals surface area contributed by atoms with E-state index < -0.39 is 22.7 Å². The number of aromatic nitrogens is 1. The highest BCUT2D eigenvalue weighted by atomic mass is 16.5. The molecule has 2 spiro atoms. The summed E-state index contributed by atoms with van der Waals surface area (Å²) in [4.78, 5) is 6.97. The van der Waals surface area contributed by atoms with Crippen molar-refractivity contribution in [1.82, 2.24) is 9.88 Å². The maximum Gasteiger partial charge on any atom is 0.121 e. The molecule has 0 amide bonds. The molecular formula is C33H39N3O3. The summed E-state index contributed by atoms with van der Waals surface area (Å²) in [6.45, 7) is 4.32. The SMILES string of the molecule is C[C@]12CC=C3C=C4[C@H]5CC5[C@@H](N5CC[C@@H](N)C5)C[C@]45CCC3(O5)[C@@H]1C[C@@H](O)[C@]2(O)c1ccc2ccncc2c1. The number of fused-ring (bicyclic) bond motifs is 4. The van der Waals surface area contributed by atoms with Crippen molar-refractivity contribution in [2.24, 2.45) is 28.9 Å². The molecule has 7 aliphatic rings. The number of nitrogens with zero attached hydrogens (tertiary/aromatic N) is 2. The average Bonchev–Trinajstić information content (AvgIpc) is 3.45. The van der Waals surface area contributed by atoms with Gasteiger partial charge in [0.1, 0.15) is 5.60 Å². The molecule has 6 heteroatoms. The van der Waals surface area contributed by atoms with Crippen molar-refractivity contribution in [3.8, 4) is 0 Å². The Bertz CT molecular complexity index is 1470. The summed E-state index contributed by atoms with van der Waals surface area (Å²) in [7, 11) is 0. The Balaban J connectivity index is 1.12. The zero-order valence-corrected chi connectivity index (χ0v) is 22.7. The van der Waals surface area contributed by atoms with Gasteiger partial charge in [-0.15, -0.1) is 0 Å². The molecule has 2 bridgehead atoms. The molecule has 39 heavy (non-hydrogen) atoms. The molecule has 3 aliphatic heterocycles. The van der Waals surface area contributed by atoms with Gasteiger partial charge < -0.3 is 20.7 Å². The normalized spacial score (nSPS) is 49.6. The van der Waals surface area contributed by atoms with Gasteiger partial charge in [0, 0.05) is 54.3 Å². The number of likely N-dealkylation sites (tertiary alicyclic amines) is 1. The number of aliphatic hydroxyl groups excluding tert-OH is 1. The summed E-state index contributed by atoms with van der Waals surface area (Å²) in [5.74, 6) is 1.43. The van der Waals surface area contributed by atoms with E-state index in [0.717, 1.165) is 67.4 Å². The molecule has 4 heterocycles. The average molecular weight is 526 g/mol. The Labute approximate surface area is 229 Å². The predicted molar refractivity (Wildman–Crippen MR) is 149 cm³/mol. The van der Waals surface area contributed by atoms with Gasteiger partial charge in [-0.3, -0.25) is 9.88 Å². The largest absolute Gasteiger partial charge is 0.390 e. The number of allylic oxidation sites excluding steroid dienone is 1. The quantitative estimate of drug-likeness (QED) is 0.552. The van der Waals surface area contributed by atoms with E-state index in [1.807, 2.05) is 30.5 Å². The van der Waals surface area contributed by atoms with Crippen LogP contribution in [0.5, 0.6) is 0 Å². The Morgan fingerprint density at radius 3 is 2.90 bits per heavy atom. The van der Waals surface area contributed by atoms with Crippen LogP contribution >= 0.6 is 0 Å². The molecule has 2 saturated heterocycles. The molecule has 0 radical (unpaired) electrons. The predicted octanol–water partition coefficient (Wildman–Crippen LogP) is 3.81. The van der Waals surface area contributed by atoms with Crippen LogP contribution in [-0.4, -0.2) is 62.6 Å². The van der Waals surface area contributed by atoms with Crippen molar-refractivity contribution < 1.29 is 14.9 Å². The molecule has 4 aliphatic carbocycles. The van der Waals surface area contributed by atoms with Gasteiger partial charge in [0.15, 0.2) is 0 Å². The topological polar surface area (TPSA) is 91.8 Å². The maximum atomic E-state index is 12.6. The van der Waals surface area contributed by atoms with Crippen molar-refractivity contribution in [3.05, 3.63) is 65.5 Å². The van der Waals surface area contributed by atoms with E-state index >= 15 is 0 Å². The van der Waals surface area contributed by atoms with E-state index in [1.165, 1.54) is 12.0 Å². The van der Waals surface area contributed by atoms with Crippen LogP contribution in [0.2, 0.25) is 0 Å². The number of aliphatic hydroxyl groups is 2. The number of benzene rings is 1. The van der Waals surface area contributed by atoms with Crippen LogP contribution in [0.4, 0.5) is 0 Å². The van der Waals surface area contributed by atoms with Crippen molar-refractivity contribution >= 4 is 10.8 Å². The van der Waals surface area contributed by atoms with E-state index in [4.69, 9.17) is 10.5 Å². The van der Waals surface area contributed by atoms with Gasteiger partial charge >= 0.3 is 0 Å². The third-order valence-corrected chi connectivity index (χ3v) is 12.6. The van der Waals surface area contributed by atoms with Crippen molar-refractivity contribution in [2.75, 3.05) is 13.1 Å². The highest BCUT2D eigenvalue weighted by Crippen LogP contribution is 2.73. The zero-order valence-electron chi connectivity index (χ0n) is 22.7. The Morgan fingerprint density at radius 2 is 2.05 bits per heavy atom. The third kappa shape index (κ3) is 2.78. The van der Waals surface area contributed by atoms with Crippen molar-refractivity contribution in [1.29, 1.82) is 0 Å². The second-order valence-electron chi connectivity index (χ2n) is 14.2. The second-order valence-corrected chi connectivity index (χ2v) is 14.2. The number of ether oxygens (including phenoxy) is 1. The van der Waals surface area contributed by atoms with Crippen LogP contribution in [0.15, 0.2) is 60.0 Å². The Morgan fingerprint density at radius 1 is 1.15 bits per heavy atom. The number of hydrogen-bond acceptors (Lipinski definition) is 6. The lowest BCUT2D eigenvalue weighted by atomic mass is 9.56. The van der Waals surface area contributed by atoms with Crippen LogP contribution in [-0.2, 0) is 10.3 Å². The molecule has 2 unspecified atom stereocenters. The molecule has 1 aromatic heterocycles. The van der Waals surface area contributed by atoms with Crippen molar-refractivity contribution in [3.63, 3.8) is 0 Å². The highest BCUT2D eigenvalue weighted by molar-refractivity contribution is 5.82. The fourth-order valence-electron chi connectivity index (χ4n) is 10.5. The molecule has 1 aromatic carbocycles. The minimum absolute atomic E-state index is 0.0438. The minimum atomic E-state index is -1.36. The number of nitrogens with two attached hydrogens (primary N) is 1. The first-order valence-electron chi connectivity index (χ1n) is 15.1. The van der Waals surface area contributed by atoms with Gasteiger partial charge in [-0.05, 0) is 91.0 Å². The molecule has 3 saturated carbocycles. The van der Waals surface area contributed by atoms with E-state index in [-0.39, 0.29) is 11.5 Å². The maximum absolute atomic E-state index is 12.6. The summed E-state index contributed by atoms with van der Waals surface area (Å²) in [5, 5.41) is 26.3. The van der Waals surface area contributed by atoms with Crippen LogP contribution in [0.25, 0.3) is 10.8 Å². The fourth-order valence-corrected chi connectivity index (χ4v) is 10.5. The van der Waals surface area contributed by atoms with E-state index in [1.54, 1.807) is 11.8 Å². The molecule has 9 rings (SSSR count). The van der Waals surface area contributed by atoms with Gasteiger partial charge in [0.05, 0.1) is 17.3 Å². The third-order valence-electron chi connectivity index (χ3n) is 12.6. The molecule has 2 aromatic rings. The molecule has 204 valence electrons. The second kappa shape index (κ2) is 7.40. The monoisotopic (exact) mass is 525 g/mol. The van der Waals surface area contributed by atoms with Gasteiger partial charge in [-0.2, -0.15) is 0 Å². The number of rotatable bonds is 2. The summed E-state index contributed by atoms with van der Waals surface area (Å²) in [5.41, 5.74) is 7.45. The first-order valence-corrected chi connectivity index (χ1v) is 15.1. The summed E-state index contributed by atoms with van der Waals surface area (Å²) in [6, 6.07) is 8.94. The summed E-state index contributed by atoms with van der Waals surface area (Å²) < 4.78 is 7.49. The molecule has 10 atom stereocenters. The standard InChI is InChI=1S/C33H39N3O3/c1-30-7-4-21-13-26-24-14-25(24)27(36-11-6-23(34)18-36)16-31(26)8-9-32(21,39-31)28(30)15-29(37)33(30,38)22-3-2-19-5-10-35-17-20(19)12-22/h2-5,10,12-13,17,23-25,27-29,37-38H,6-9,11,14-16,18,34H2,1H3/t23-,24+,25?,27+,28-,29-,30+,31-,32?,33-/m1/s1. The Kier molecular flexibility index (Phi) is 4.48. The molecule has 5 fully saturated rings. The molecule has 6 nitrogen and oxygen atoms in total. The van der Waals surface area contributed by atoms with E-state index in [9.17, 15) is 10.2 Å². The Hall–Kier alpha value is -2.09. The van der Waals surface area contributed by atoms with Gasteiger partial charge in [0.25, 0.3) is 0 Å². The van der Waals surface area contributed by atoms with E-state index in [0.29, 0.717) is 24.4 Å². The first-order chi connectivity index (χ1) is 18.8. The number of pyridine rings is 1. The molecule has 4 N–H and O–H groups in total. The molecular weight excluding hydrogens is 486 g/mol. The lowest BCUT2D eigenvalue weighted by Gasteiger charge is -2.56. The minimum Gasteiger partial charge on any atom is -0.390 e. The number of hydrogen-bond donors (Lipinski definition) is 3. The van der Waals surface area contributed by atoms with Crippen LogP contribution in [0, 0.1) is 23.2 Å². The zero-order chi connectivity index (χ0) is 26.4. The van der Waals surface area contributed by atoms with Crippen LogP contribution in [0.1, 0.15) is 57.4 Å². The van der Waals surface area contributed by atoms with Crippen LogP contribution < -0.4 is 5.73 Å².